The summed E-state index contributed by atoms with van der Waals surface area (Å²) in [6, 6.07) is 3.08. The maximum absolute atomic E-state index is 13.1. The molecule has 0 aromatic heterocycles. The average Bonchev–Trinajstić information content (AvgIpc) is 2.38. The fourth-order valence-corrected chi connectivity index (χ4v) is 2.87. The van der Waals surface area contributed by atoms with Crippen LogP contribution in [-0.2, 0) is 14.8 Å². The predicted octanol–water partition coefficient (Wildman–Crippen LogP) is 0.458. The third-order valence-corrected chi connectivity index (χ3v) is 4.27. The monoisotopic (exact) mass is 303 g/mol. The summed E-state index contributed by atoms with van der Waals surface area (Å²) >= 11 is 0. The van der Waals surface area contributed by atoms with Crippen molar-refractivity contribution in [2.24, 2.45) is 5.41 Å². The molecule has 0 bridgehead atoms. The summed E-state index contributed by atoms with van der Waals surface area (Å²) in [5.74, 6) is -1.02. The summed E-state index contributed by atoms with van der Waals surface area (Å²) in [6.07, 6.45) is 0. The Hall–Kier alpha value is -1.67. The molecule has 0 aliphatic rings. The molecule has 0 fully saturated rings. The van der Waals surface area contributed by atoms with Gasteiger partial charge in [-0.1, -0.05) is 0 Å². The first-order valence-corrected chi connectivity index (χ1v) is 7.35. The van der Waals surface area contributed by atoms with E-state index in [2.05, 4.69) is 10.0 Å². The van der Waals surface area contributed by atoms with Crippen molar-refractivity contribution in [3.63, 3.8) is 0 Å². The maximum Gasteiger partial charge on any atom is 0.242 e. The minimum absolute atomic E-state index is 0.0587. The number of carbonyl (C=O) groups excluding carboxylic acids is 1. The number of nitrogens with two attached hydrogens (primary N) is 1. The molecule has 0 saturated carbocycles. The molecule has 8 heteroatoms. The second kappa shape index (κ2) is 5.76. The second-order valence-corrected chi connectivity index (χ2v) is 6.71. The normalized spacial score (nSPS) is 12.2. The zero-order chi connectivity index (χ0) is 15.6. The van der Waals surface area contributed by atoms with Crippen LogP contribution in [-0.4, -0.2) is 27.9 Å². The van der Waals surface area contributed by atoms with Gasteiger partial charge in [0.15, 0.2) is 0 Å². The van der Waals surface area contributed by atoms with Crippen molar-refractivity contribution in [2.75, 3.05) is 19.3 Å². The Labute approximate surface area is 117 Å². The van der Waals surface area contributed by atoms with E-state index < -0.39 is 21.3 Å². The number of carbonyl (C=O) groups is 1. The Kier molecular flexibility index (Phi) is 4.72. The molecule has 1 aromatic rings. The Morgan fingerprint density at radius 1 is 1.40 bits per heavy atom. The van der Waals surface area contributed by atoms with Gasteiger partial charge in [0.2, 0.25) is 15.9 Å². The molecule has 20 heavy (non-hydrogen) atoms. The highest BCUT2D eigenvalue weighted by molar-refractivity contribution is 7.89. The van der Waals surface area contributed by atoms with Crippen LogP contribution in [0.2, 0.25) is 0 Å². The standard InChI is InChI=1S/C12H18FN3O3S/c1-12(2,11(17)15-3)7-16-20(18,19)10-6-8(13)4-5-9(10)14/h4-6,16H,7,14H2,1-3H3,(H,15,17). The van der Waals surface area contributed by atoms with E-state index >= 15 is 0 Å². The maximum atomic E-state index is 13.1. The van der Waals surface area contributed by atoms with Crippen LogP contribution in [0.3, 0.4) is 0 Å². The number of sulfonamides is 1. The van der Waals surface area contributed by atoms with Gasteiger partial charge in [0.25, 0.3) is 0 Å². The number of hydrogen-bond acceptors (Lipinski definition) is 4. The third kappa shape index (κ3) is 3.67. The van der Waals surface area contributed by atoms with Crippen molar-refractivity contribution in [1.29, 1.82) is 0 Å². The Morgan fingerprint density at radius 3 is 2.55 bits per heavy atom. The summed E-state index contributed by atoms with van der Waals surface area (Å²) in [7, 11) is -2.52. The zero-order valence-corrected chi connectivity index (χ0v) is 12.3. The van der Waals surface area contributed by atoms with Crippen molar-refractivity contribution in [3.8, 4) is 0 Å². The van der Waals surface area contributed by atoms with E-state index in [4.69, 9.17) is 5.73 Å². The van der Waals surface area contributed by atoms with Crippen LogP contribution in [0, 0.1) is 11.2 Å². The van der Waals surface area contributed by atoms with Crippen molar-refractivity contribution in [1.82, 2.24) is 10.0 Å². The van der Waals surface area contributed by atoms with Crippen LogP contribution < -0.4 is 15.8 Å². The number of halogens is 1. The lowest BCUT2D eigenvalue weighted by Crippen LogP contribution is -2.43. The predicted molar refractivity (Wildman–Crippen MR) is 73.8 cm³/mol. The highest BCUT2D eigenvalue weighted by atomic mass is 32.2. The minimum atomic E-state index is -3.98. The molecule has 0 spiro atoms. The van der Waals surface area contributed by atoms with Gasteiger partial charge >= 0.3 is 0 Å². The number of nitrogens with one attached hydrogen (secondary N) is 2. The van der Waals surface area contributed by atoms with Gasteiger partial charge in [-0.3, -0.25) is 4.79 Å². The summed E-state index contributed by atoms with van der Waals surface area (Å²) in [5, 5.41) is 2.44. The summed E-state index contributed by atoms with van der Waals surface area (Å²) in [6.45, 7) is 3.04. The molecule has 0 radical (unpaired) electrons. The largest absolute Gasteiger partial charge is 0.398 e. The van der Waals surface area contributed by atoms with Gasteiger partial charge in [-0.25, -0.2) is 17.5 Å². The molecule has 4 N–H and O–H groups in total. The number of hydrogen-bond donors (Lipinski definition) is 3. The third-order valence-electron chi connectivity index (χ3n) is 2.81. The lowest BCUT2D eigenvalue weighted by molar-refractivity contribution is -0.128. The van der Waals surface area contributed by atoms with Gasteiger partial charge in [0, 0.05) is 13.6 Å². The van der Waals surface area contributed by atoms with Crippen molar-refractivity contribution in [2.45, 2.75) is 18.7 Å². The molecule has 1 amide bonds. The van der Waals surface area contributed by atoms with Gasteiger partial charge in [-0.2, -0.15) is 0 Å². The van der Waals surface area contributed by atoms with E-state index in [0.717, 1.165) is 12.1 Å². The van der Waals surface area contributed by atoms with Gasteiger partial charge < -0.3 is 11.1 Å². The molecule has 0 atom stereocenters. The van der Waals surface area contributed by atoms with E-state index in [9.17, 15) is 17.6 Å². The first-order chi connectivity index (χ1) is 9.10. The van der Waals surface area contributed by atoms with Gasteiger partial charge in [0.1, 0.15) is 10.7 Å². The van der Waals surface area contributed by atoms with Gasteiger partial charge in [-0.05, 0) is 32.0 Å². The summed E-state index contributed by atoms with van der Waals surface area (Å²) < 4.78 is 39.5. The van der Waals surface area contributed by atoms with Crippen LogP contribution in [0.1, 0.15) is 13.8 Å². The molecule has 0 aliphatic heterocycles. The van der Waals surface area contributed by atoms with E-state index in [1.165, 1.54) is 13.1 Å². The fourth-order valence-electron chi connectivity index (χ4n) is 1.51. The number of benzene rings is 1. The first kappa shape index (κ1) is 16.4. The number of rotatable bonds is 5. The molecule has 0 unspecified atom stereocenters. The molecule has 0 saturated heterocycles. The van der Waals surface area contributed by atoms with E-state index in [1.807, 2.05) is 0 Å². The summed E-state index contributed by atoms with van der Waals surface area (Å²) in [5.41, 5.74) is 4.54. The fraction of sp³-hybridized carbons (Fsp3) is 0.417. The lowest BCUT2D eigenvalue weighted by atomic mass is 9.93. The average molecular weight is 303 g/mol. The molecule has 1 aromatic carbocycles. The van der Waals surface area contributed by atoms with Crippen LogP contribution in [0.4, 0.5) is 10.1 Å². The van der Waals surface area contributed by atoms with Crippen LogP contribution >= 0.6 is 0 Å². The smallest absolute Gasteiger partial charge is 0.242 e. The molecule has 112 valence electrons. The quantitative estimate of drug-likeness (QED) is 0.688. The number of anilines is 1. The Morgan fingerprint density at radius 2 is 2.00 bits per heavy atom. The zero-order valence-electron chi connectivity index (χ0n) is 11.5. The van der Waals surface area contributed by atoms with Crippen LogP contribution in [0.25, 0.3) is 0 Å². The molecule has 6 nitrogen and oxygen atoms in total. The molecule has 0 heterocycles. The highest BCUT2D eigenvalue weighted by Crippen LogP contribution is 2.21. The summed E-state index contributed by atoms with van der Waals surface area (Å²) in [4.78, 5) is 11.2. The second-order valence-electron chi connectivity index (χ2n) is 4.97. The Bertz CT molecular complexity index is 614. The van der Waals surface area contributed by atoms with Crippen LogP contribution in [0.15, 0.2) is 23.1 Å². The minimum Gasteiger partial charge on any atom is -0.398 e. The topological polar surface area (TPSA) is 101 Å². The van der Waals surface area contributed by atoms with E-state index in [1.54, 1.807) is 13.8 Å². The number of nitrogen functional groups attached to an aromatic ring is 1. The van der Waals surface area contributed by atoms with E-state index in [0.29, 0.717) is 0 Å². The lowest BCUT2D eigenvalue weighted by Gasteiger charge is -2.23. The molecule has 1 rings (SSSR count). The van der Waals surface area contributed by atoms with E-state index in [-0.39, 0.29) is 23.0 Å². The first-order valence-electron chi connectivity index (χ1n) is 5.87. The highest BCUT2D eigenvalue weighted by Gasteiger charge is 2.29. The van der Waals surface area contributed by atoms with Gasteiger partial charge in [0.05, 0.1) is 11.1 Å². The van der Waals surface area contributed by atoms with Crippen molar-refractivity contribution >= 4 is 21.6 Å². The SMILES string of the molecule is CNC(=O)C(C)(C)CNS(=O)(=O)c1cc(F)ccc1N. The van der Waals surface area contributed by atoms with Gasteiger partial charge in [-0.15, -0.1) is 0 Å². The number of amides is 1. The molecular formula is C12H18FN3O3S. The van der Waals surface area contributed by atoms with Crippen molar-refractivity contribution < 1.29 is 17.6 Å². The van der Waals surface area contributed by atoms with Crippen LogP contribution in [0.5, 0.6) is 0 Å². The Balaban J connectivity index is 2.97. The molecular weight excluding hydrogens is 285 g/mol. The molecule has 0 aliphatic carbocycles. The van der Waals surface area contributed by atoms with Crippen molar-refractivity contribution in [3.05, 3.63) is 24.0 Å².